The van der Waals surface area contributed by atoms with E-state index in [0.29, 0.717) is 5.56 Å². The molecule has 0 radical (unpaired) electrons. The van der Waals surface area contributed by atoms with Crippen LogP contribution in [0.25, 0.3) is 0 Å². The molecule has 3 aromatic carbocycles. The SMILES string of the molecule is C[C@@H]1O[C@@H](OC(=N)C(Cl)(Cl)Cl)[C@@H](OCc2ccccc2)[C@H](OCc2ccccc2)[C@@H]1OC(=O)c1ccccc1. The largest absolute Gasteiger partial charge is 0.453 e. The zero-order chi connectivity index (χ0) is 27.8. The summed E-state index contributed by atoms with van der Waals surface area (Å²) in [5.41, 5.74) is 2.16. The number of esters is 1. The molecule has 1 saturated heterocycles. The summed E-state index contributed by atoms with van der Waals surface area (Å²) in [6, 6.07) is 27.6. The quantitative estimate of drug-likeness (QED) is 0.132. The summed E-state index contributed by atoms with van der Waals surface area (Å²) < 4.78 is 28.2. The lowest BCUT2D eigenvalue weighted by atomic mass is 9.98. The normalized spacial score (nSPS) is 23.1. The van der Waals surface area contributed by atoms with Crippen molar-refractivity contribution < 1.29 is 28.5 Å². The van der Waals surface area contributed by atoms with Gasteiger partial charge in [0, 0.05) is 0 Å². The highest BCUT2D eigenvalue weighted by Crippen LogP contribution is 2.34. The molecule has 7 nitrogen and oxygen atoms in total. The van der Waals surface area contributed by atoms with E-state index in [9.17, 15) is 4.79 Å². The molecule has 3 aromatic rings. The van der Waals surface area contributed by atoms with E-state index >= 15 is 0 Å². The van der Waals surface area contributed by atoms with Gasteiger partial charge in [0.25, 0.3) is 3.79 Å². The summed E-state index contributed by atoms with van der Waals surface area (Å²) in [6.45, 7) is 2.07. The summed E-state index contributed by atoms with van der Waals surface area (Å²) in [5.74, 6) is -1.18. The first kappa shape index (κ1) is 29.3. The Bertz CT molecular complexity index is 1210. The lowest BCUT2D eigenvalue weighted by Crippen LogP contribution is -2.61. The van der Waals surface area contributed by atoms with Crippen molar-refractivity contribution in [2.75, 3.05) is 0 Å². The number of carbonyl (C=O) groups is 1. The summed E-state index contributed by atoms with van der Waals surface area (Å²) in [7, 11) is 0. The van der Waals surface area contributed by atoms with Crippen LogP contribution in [0.15, 0.2) is 91.0 Å². The van der Waals surface area contributed by atoms with Crippen molar-refractivity contribution in [3.05, 3.63) is 108 Å². The van der Waals surface area contributed by atoms with E-state index in [0.717, 1.165) is 11.1 Å². The number of carbonyl (C=O) groups excluding carboxylic acids is 1. The van der Waals surface area contributed by atoms with E-state index in [1.165, 1.54) is 0 Å². The monoisotopic (exact) mass is 591 g/mol. The topological polar surface area (TPSA) is 87.1 Å². The van der Waals surface area contributed by atoms with E-state index in [1.807, 2.05) is 66.7 Å². The molecule has 10 heteroatoms. The summed E-state index contributed by atoms with van der Waals surface area (Å²) in [4.78, 5) is 13.1. The van der Waals surface area contributed by atoms with Crippen molar-refractivity contribution in [2.45, 2.75) is 54.6 Å². The predicted octanol–water partition coefficient (Wildman–Crippen LogP) is 6.49. The molecule has 206 valence electrons. The molecule has 1 N–H and O–H groups in total. The molecule has 39 heavy (non-hydrogen) atoms. The van der Waals surface area contributed by atoms with E-state index in [2.05, 4.69) is 0 Å². The molecular formula is C29H28Cl3NO6. The Balaban J connectivity index is 1.64. The number of nitrogens with one attached hydrogen (secondary N) is 1. The molecule has 0 spiro atoms. The molecule has 0 bridgehead atoms. The Morgan fingerprint density at radius 2 is 1.26 bits per heavy atom. The molecule has 1 heterocycles. The highest BCUT2D eigenvalue weighted by molar-refractivity contribution is 6.76. The third kappa shape index (κ3) is 8.18. The lowest BCUT2D eigenvalue weighted by Gasteiger charge is -2.44. The van der Waals surface area contributed by atoms with Crippen LogP contribution in [-0.4, -0.2) is 46.4 Å². The molecule has 1 aliphatic rings. The van der Waals surface area contributed by atoms with E-state index in [-0.39, 0.29) is 13.2 Å². The Labute approximate surface area is 242 Å². The molecule has 0 unspecified atom stereocenters. The Morgan fingerprint density at radius 1 is 0.769 bits per heavy atom. The summed E-state index contributed by atoms with van der Waals surface area (Å²) >= 11 is 17.7. The molecule has 0 aromatic heterocycles. The van der Waals surface area contributed by atoms with E-state index in [4.69, 9.17) is 63.9 Å². The van der Waals surface area contributed by atoms with Gasteiger partial charge in [-0.25, -0.2) is 4.79 Å². The van der Waals surface area contributed by atoms with Crippen LogP contribution in [0.5, 0.6) is 0 Å². The first-order chi connectivity index (χ1) is 18.7. The molecule has 1 fully saturated rings. The van der Waals surface area contributed by atoms with Gasteiger partial charge in [-0.15, -0.1) is 0 Å². The number of halogens is 3. The first-order valence-electron chi connectivity index (χ1n) is 12.3. The van der Waals surface area contributed by atoms with Gasteiger partial charge in [-0.3, -0.25) is 5.41 Å². The summed E-state index contributed by atoms with van der Waals surface area (Å²) in [5, 5.41) is 8.13. The fourth-order valence-electron chi connectivity index (χ4n) is 4.08. The minimum atomic E-state index is -2.12. The van der Waals surface area contributed by atoms with Gasteiger partial charge < -0.3 is 23.7 Å². The Hall–Kier alpha value is -2.65. The molecule has 1 aliphatic heterocycles. The van der Waals surface area contributed by atoms with Crippen molar-refractivity contribution in [1.82, 2.24) is 0 Å². The zero-order valence-corrected chi connectivity index (χ0v) is 23.3. The maximum absolute atomic E-state index is 13.1. The van der Waals surface area contributed by atoms with Crippen LogP contribution in [-0.2, 0) is 36.9 Å². The second-order valence-electron chi connectivity index (χ2n) is 8.91. The van der Waals surface area contributed by atoms with Gasteiger partial charge in [0.15, 0.2) is 6.10 Å². The molecule has 0 amide bonds. The van der Waals surface area contributed by atoms with Crippen molar-refractivity contribution in [3.8, 4) is 0 Å². The van der Waals surface area contributed by atoms with Gasteiger partial charge in [0.05, 0.1) is 24.9 Å². The van der Waals surface area contributed by atoms with Crippen molar-refractivity contribution in [1.29, 1.82) is 5.41 Å². The van der Waals surface area contributed by atoms with Gasteiger partial charge >= 0.3 is 5.97 Å². The van der Waals surface area contributed by atoms with Gasteiger partial charge in [-0.05, 0) is 30.2 Å². The van der Waals surface area contributed by atoms with Crippen LogP contribution in [0, 0.1) is 5.41 Å². The van der Waals surface area contributed by atoms with Crippen LogP contribution >= 0.6 is 34.8 Å². The highest BCUT2D eigenvalue weighted by Gasteiger charge is 2.50. The number of benzene rings is 3. The Kier molecular flexibility index (Phi) is 10.2. The molecule has 5 atom stereocenters. The maximum atomic E-state index is 13.1. The predicted molar refractivity (Wildman–Crippen MR) is 149 cm³/mol. The summed E-state index contributed by atoms with van der Waals surface area (Å²) in [6.07, 6.45) is -4.63. The average Bonchev–Trinajstić information content (AvgIpc) is 2.94. The molecular weight excluding hydrogens is 565 g/mol. The molecule has 0 saturated carbocycles. The fraction of sp³-hybridized carbons (Fsp3) is 0.310. The van der Waals surface area contributed by atoms with Crippen LogP contribution < -0.4 is 0 Å². The van der Waals surface area contributed by atoms with Gasteiger partial charge in [-0.1, -0.05) is 114 Å². The standard InChI is InChI=1S/C29H28Cl3NO6/c1-19-23(38-26(34)22-15-9-4-10-16-22)24(35-17-20-11-5-2-6-12-20)25(36-18-21-13-7-3-8-14-21)27(37-19)39-28(33)29(30,31)32/h2-16,19,23-25,27,33H,17-18H2,1H3/t19-,23+,24+,25-,27-/m0/s1. The van der Waals surface area contributed by atoms with Gasteiger partial charge in [-0.2, -0.15) is 0 Å². The number of alkyl halides is 3. The molecule has 4 rings (SSSR count). The van der Waals surface area contributed by atoms with Crippen LogP contribution in [0.2, 0.25) is 0 Å². The van der Waals surface area contributed by atoms with Crippen molar-refractivity contribution in [3.63, 3.8) is 0 Å². The van der Waals surface area contributed by atoms with Crippen LogP contribution in [0.1, 0.15) is 28.4 Å². The van der Waals surface area contributed by atoms with Crippen molar-refractivity contribution in [2.24, 2.45) is 0 Å². The fourth-order valence-corrected chi connectivity index (χ4v) is 4.21. The zero-order valence-electron chi connectivity index (χ0n) is 21.0. The molecule has 0 aliphatic carbocycles. The van der Waals surface area contributed by atoms with E-state index in [1.54, 1.807) is 31.2 Å². The number of ether oxygens (including phenoxy) is 5. The first-order valence-corrected chi connectivity index (χ1v) is 13.4. The third-order valence-electron chi connectivity index (χ3n) is 6.04. The smallest absolute Gasteiger partial charge is 0.338 e. The third-order valence-corrected chi connectivity index (χ3v) is 6.56. The number of hydrogen-bond donors (Lipinski definition) is 1. The minimum Gasteiger partial charge on any atom is -0.453 e. The lowest BCUT2D eigenvalue weighted by molar-refractivity contribution is -0.294. The van der Waals surface area contributed by atoms with Crippen LogP contribution in [0.4, 0.5) is 0 Å². The second kappa shape index (κ2) is 13.6. The number of hydrogen-bond acceptors (Lipinski definition) is 7. The van der Waals surface area contributed by atoms with E-state index < -0.39 is 46.4 Å². The highest BCUT2D eigenvalue weighted by atomic mass is 35.6. The van der Waals surface area contributed by atoms with Gasteiger partial charge in [0.1, 0.15) is 12.2 Å². The maximum Gasteiger partial charge on any atom is 0.338 e. The Morgan fingerprint density at radius 3 is 1.77 bits per heavy atom. The number of rotatable bonds is 9. The minimum absolute atomic E-state index is 0.161. The second-order valence-corrected chi connectivity index (χ2v) is 11.2. The van der Waals surface area contributed by atoms with Crippen molar-refractivity contribution >= 4 is 46.7 Å². The average molecular weight is 593 g/mol. The van der Waals surface area contributed by atoms with Gasteiger partial charge in [0.2, 0.25) is 12.2 Å². The van der Waals surface area contributed by atoms with Crippen LogP contribution in [0.3, 0.4) is 0 Å².